The molecule has 136 valence electrons. The number of amides is 1. The van der Waals surface area contributed by atoms with Gasteiger partial charge in [-0.3, -0.25) is 4.79 Å². The van der Waals surface area contributed by atoms with Crippen LogP contribution < -0.4 is 5.32 Å². The zero-order valence-corrected chi connectivity index (χ0v) is 14.3. The Morgan fingerprint density at radius 3 is 2.26 bits per heavy atom. The number of rotatable bonds is 3. The van der Waals surface area contributed by atoms with Crippen molar-refractivity contribution < 1.29 is 18.0 Å². The van der Waals surface area contributed by atoms with Crippen LogP contribution in [0.4, 0.5) is 13.2 Å². The van der Waals surface area contributed by atoms with E-state index in [4.69, 9.17) is 0 Å². The van der Waals surface area contributed by atoms with Gasteiger partial charge >= 0.3 is 0 Å². The van der Waals surface area contributed by atoms with Crippen molar-refractivity contribution >= 4 is 5.91 Å². The zero-order valence-electron chi connectivity index (χ0n) is 14.3. The van der Waals surface area contributed by atoms with Gasteiger partial charge in [0.05, 0.1) is 0 Å². The van der Waals surface area contributed by atoms with Gasteiger partial charge in [-0.05, 0) is 71.5 Å². The number of nitrogens with one attached hydrogen (secondary N) is 1. The minimum Gasteiger partial charge on any atom is -0.349 e. The Labute approximate surface area is 154 Å². The molecule has 0 aliphatic heterocycles. The van der Waals surface area contributed by atoms with E-state index in [1.54, 1.807) is 0 Å². The number of hydrogen-bond donors (Lipinski definition) is 1. The zero-order chi connectivity index (χ0) is 19.0. The van der Waals surface area contributed by atoms with E-state index >= 15 is 0 Å². The summed E-state index contributed by atoms with van der Waals surface area (Å²) in [6.07, 6.45) is 1.20. The number of hydrogen-bond acceptors (Lipinski definition) is 1. The molecule has 4 rings (SSSR count). The lowest BCUT2D eigenvalue weighted by molar-refractivity contribution is 0.0938. The van der Waals surface area contributed by atoms with Crippen LogP contribution in [-0.4, -0.2) is 11.9 Å². The van der Waals surface area contributed by atoms with E-state index in [1.807, 2.05) is 18.2 Å². The van der Waals surface area contributed by atoms with Crippen LogP contribution in [0.2, 0.25) is 0 Å². The molecule has 0 heterocycles. The highest BCUT2D eigenvalue weighted by atomic mass is 19.1. The lowest BCUT2D eigenvalue weighted by atomic mass is 9.97. The minimum absolute atomic E-state index is 0.128. The smallest absolute Gasteiger partial charge is 0.251 e. The molecular weight excluding hydrogens is 351 g/mol. The van der Waals surface area contributed by atoms with Crippen molar-refractivity contribution in [3.63, 3.8) is 0 Å². The van der Waals surface area contributed by atoms with Crippen LogP contribution in [0.1, 0.15) is 21.5 Å². The Kier molecular flexibility index (Phi) is 4.44. The maximum atomic E-state index is 13.6. The highest BCUT2D eigenvalue weighted by Crippen LogP contribution is 2.33. The van der Waals surface area contributed by atoms with Gasteiger partial charge in [-0.2, -0.15) is 0 Å². The summed E-state index contributed by atoms with van der Waals surface area (Å²) >= 11 is 0. The summed E-state index contributed by atoms with van der Waals surface area (Å²) in [6, 6.07) is 14.3. The van der Waals surface area contributed by atoms with Crippen molar-refractivity contribution in [1.29, 1.82) is 0 Å². The van der Waals surface area contributed by atoms with Gasteiger partial charge in [-0.1, -0.05) is 18.2 Å². The monoisotopic (exact) mass is 367 g/mol. The lowest BCUT2D eigenvalue weighted by Gasteiger charge is -2.12. The maximum Gasteiger partial charge on any atom is 0.251 e. The van der Waals surface area contributed by atoms with Crippen LogP contribution in [0.15, 0.2) is 60.7 Å². The molecule has 5 heteroatoms. The molecule has 27 heavy (non-hydrogen) atoms. The molecule has 0 saturated heterocycles. The van der Waals surface area contributed by atoms with Crippen molar-refractivity contribution in [2.75, 3.05) is 0 Å². The molecule has 1 atom stereocenters. The fourth-order valence-electron chi connectivity index (χ4n) is 3.60. The molecule has 0 aromatic heterocycles. The van der Waals surface area contributed by atoms with Crippen molar-refractivity contribution in [1.82, 2.24) is 5.32 Å². The Morgan fingerprint density at radius 2 is 1.56 bits per heavy atom. The van der Waals surface area contributed by atoms with Gasteiger partial charge in [0, 0.05) is 17.7 Å². The summed E-state index contributed by atoms with van der Waals surface area (Å²) in [4.78, 5) is 12.4. The number of fused-ring (bicyclic) bond motifs is 1. The molecule has 1 N–H and O–H groups in total. The summed E-state index contributed by atoms with van der Waals surface area (Å²) in [6.45, 7) is 0. The quantitative estimate of drug-likeness (QED) is 0.716. The molecular formula is C22H16F3NO. The predicted octanol–water partition coefficient (Wildman–Crippen LogP) is 4.67. The van der Waals surface area contributed by atoms with E-state index in [2.05, 4.69) is 5.32 Å². The molecule has 0 radical (unpaired) electrons. The molecule has 0 bridgehead atoms. The standard InChI is InChI=1S/C22H16F3NO/c23-16-6-4-13(5-7-16)22(27)26-19-10-14-2-1-3-20(21(14)12-19)15-8-17(24)11-18(25)9-15/h1-9,11,19H,10,12H2,(H,26,27). The highest BCUT2D eigenvalue weighted by molar-refractivity contribution is 5.94. The normalized spacial score (nSPS) is 15.4. The third-order valence-electron chi connectivity index (χ3n) is 4.81. The SMILES string of the molecule is O=C(NC1Cc2cccc(-c3cc(F)cc(F)c3)c2C1)c1ccc(F)cc1. The summed E-state index contributed by atoms with van der Waals surface area (Å²) < 4.78 is 40.2. The molecule has 1 unspecified atom stereocenters. The van der Waals surface area contributed by atoms with Crippen LogP contribution >= 0.6 is 0 Å². The van der Waals surface area contributed by atoms with Crippen LogP contribution in [0.5, 0.6) is 0 Å². The van der Waals surface area contributed by atoms with E-state index in [1.165, 1.54) is 36.4 Å². The summed E-state index contributed by atoms with van der Waals surface area (Å²) in [5.41, 5.74) is 3.66. The van der Waals surface area contributed by atoms with Crippen LogP contribution in [-0.2, 0) is 12.8 Å². The molecule has 1 amide bonds. The lowest BCUT2D eigenvalue weighted by Crippen LogP contribution is -2.35. The largest absolute Gasteiger partial charge is 0.349 e. The first-order valence-corrected chi connectivity index (χ1v) is 8.63. The first-order valence-electron chi connectivity index (χ1n) is 8.63. The Hall–Kier alpha value is -3.08. The predicted molar refractivity (Wildman–Crippen MR) is 96.9 cm³/mol. The Bertz CT molecular complexity index is 994. The van der Waals surface area contributed by atoms with E-state index in [-0.39, 0.29) is 11.9 Å². The van der Waals surface area contributed by atoms with E-state index in [9.17, 15) is 18.0 Å². The highest BCUT2D eigenvalue weighted by Gasteiger charge is 2.26. The van der Waals surface area contributed by atoms with Gasteiger partial charge in [0.15, 0.2) is 0 Å². The molecule has 3 aromatic carbocycles. The third-order valence-corrected chi connectivity index (χ3v) is 4.81. The number of carbonyl (C=O) groups excluding carboxylic acids is 1. The molecule has 0 fully saturated rings. The van der Waals surface area contributed by atoms with Gasteiger partial charge in [0.25, 0.3) is 5.91 Å². The number of halogens is 3. The van der Waals surface area contributed by atoms with Gasteiger partial charge in [0.2, 0.25) is 0 Å². The van der Waals surface area contributed by atoms with Crippen molar-refractivity contribution in [2.45, 2.75) is 18.9 Å². The summed E-state index contributed by atoms with van der Waals surface area (Å²) in [5, 5.41) is 2.95. The van der Waals surface area contributed by atoms with E-state index in [0.29, 0.717) is 24.0 Å². The average Bonchev–Trinajstić information content (AvgIpc) is 3.03. The van der Waals surface area contributed by atoms with Crippen molar-refractivity contribution in [3.8, 4) is 11.1 Å². The first-order chi connectivity index (χ1) is 13.0. The first kappa shape index (κ1) is 17.3. The van der Waals surface area contributed by atoms with Crippen LogP contribution in [0.25, 0.3) is 11.1 Å². The summed E-state index contributed by atoms with van der Waals surface area (Å²) in [5.74, 6) is -1.92. The molecule has 1 aliphatic rings. The van der Waals surface area contributed by atoms with E-state index in [0.717, 1.165) is 22.8 Å². The topological polar surface area (TPSA) is 29.1 Å². The minimum atomic E-state index is -0.623. The van der Waals surface area contributed by atoms with Gasteiger partial charge < -0.3 is 5.32 Å². The Balaban J connectivity index is 1.57. The second kappa shape index (κ2) is 6.91. The van der Waals surface area contributed by atoms with Crippen molar-refractivity contribution in [2.24, 2.45) is 0 Å². The summed E-state index contributed by atoms with van der Waals surface area (Å²) in [7, 11) is 0. The van der Waals surface area contributed by atoms with Gasteiger partial charge in [-0.25, -0.2) is 13.2 Å². The van der Waals surface area contributed by atoms with Gasteiger partial charge in [-0.15, -0.1) is 0 Å². The molecule has 0 spiro atoms. The second-order valence-electron chi connectivity index (χ2n) is 6.69. The fourth-order valence-corrected chi connectivity index (χ4v) is 3.60. The van der Waals surface area contributed by atoms with Crippen LogP contribution in [0, 0.1) is 17.5 Å². The molecule has 2 nitrogen and oxygen atoms in total. The molecule has 0 saturated carbocycles. The average molecular weight is 367 g/mol. The molecule has 1 aliphatic carbocycles. The number of benzene rings is 3. The molecule has 3 aromatic rings. The number of carbonyl (C=O) groups is 1. The maximum absolute atomic E-state index is 13.6. The fraction of sp³-hybridized carbons (Fsp3) is 0.136. The Morgan fingerprint density at radius 1 is 0.852 bits per heavy atom. The second-order valence-corrected chi connectivity index (χ2v) is 6.69. The van der Waals surface area contributed by atoms with Gasteiger partial charge in [0.1, 0.15) is 17.5 Å². The third kappa shape index (κ3) is 3.58. The van der Waals surface area contributed by atoms with Crippen molar-refractivity contribution in [3.05, 3.63) is 94.8 Å². The van der Waals surface area contributed by atoms with E-state index < -0.39 is 17.5 Å². The van der Waals surface area contributed by atoms with Crippen LogP contribution in [0.3, 0.4) is 0 Å².